The SMILES string of the molecule is Cc1ccc(CN2C(=O)N[C@@]3(CCCN(C(=O)c4ccc5c(c4)OCO5)C3)C2=O)cc1. The van der Waals surface area contributed by atoms with Crippen LogP contribution in [-0.4, -0.2) is 53.1 Å². The Bertz CT molecular complexity index is 1070. The molecule has 0 saturated carbocycles. The van der Waals surface area contributed by atoms with Crippen LogP contribution in [0.25, 0.3) is 0 Å². The second-order valence-electron chi connectivity index (χ2n) is 8.29. The fourth-order valence-electron chi connectivity index (χ4n) is 4.41. The van der Waals surface area contributed by atoms with Crippen LogP contribution in [0, 0.1) is 6.92 Å². The number of nitrogens with one attached hydrogen (secondary N) is 1. The number of urea groups is 1. The summed E-state index contributed by atoms with van der Waals surface area (Å²) in [5.74, 6) is 0.668. The highest BCUT2D eigenvalue weighted by Crippen LogP contribution is 2.34. The van der Waals surface area contributed by atoms with E-state index in [4.69, 9.17) is 9.47 Å². The molecule has 8 heteroatoms. The first kappa shape index (κ1) is 19.4. The van der Waals surface area contributed by atoms with Crippen LogP contribution in [0.3, 0.4) is 0 Å². The lowest BCUT2D eigenvalue weighted by atomic mass is 9.88. The van der Waals surface area contributed by atoms with Crippen LogP contribution in [0.4, 0.5) is 4.79 Å². The van der Waals surface area contributed by atoms with Crippen molar-refractivity contribution >= 4 is 17.8 Å². The van der Waals surface area contributed by atoms with Gasteiger partial charge in [-0.2, -0.15) is 0 Å². The molecule has 0 unspecified atom stereocenters. The monoisotopic (exact) mass is 421 g/mol. The molecule has 0 aromatic heterocycles. The Morgan fingerprint density at radius 3 is 2.68 bits per heavy atom. The van der Waals surface area contributed by atoms with E-state index in [1.54, 1.807) is 23.1 Å². The molecule has 2 saturated heterocycles. The number of nitrogens with zero attached hydrogens (tertiary/aromatic N) is 2. The zero-order valence-electron chi connectivity index (χ0n) is 17.2. The van der Waals surface area contributed by atoms with E-state index in [-0.39, 0.29) is 31.7 Å². The molecule has 5 rings (SSSR count). The van der Waals surface area contributed by atoms with E-state index in [0.717, 1.165) is 11.1 Å². The topological polar surface area (TPSA) is 88.2 Å². The van der Waals surface area contributed by atoms with Gasteiger partial charge in [0.2, 0.25) is 6.79 Å². The first-order chi connectivity index (χ1) is 14.9. The number of hydrogen-bond acceptors (Lipinski definition) is 5. The van der Waals surface area contributed by atoms with Crippen LogP contribution >= 0.6 is 0 Å². The van der Waals surface area contributed by atoms with Crippen molar-refractivity contribution in [3.8, 4) is 11.5 Å². The second kappa shape index (κ2) is 7.30. The molecule has 8 nitrogen and oxygen atoms in total. The first-order valence-electron chi connectivity index (χ1n) is 10.3. The molecule has 0 aliphatic carbocycles. The standard InChI is InChI=1S/C23H23N3O5/c1-15-3-5-16(6-4-15)12-26-21(28)23(24-22(26)29)9-2-10-25(13-23)20(27)17-7-8-18-19(11-17)31-14-30-18/h3-8,11H,2,9-10,12-14H2,1H3,(H,24,29)/t23-/m1/s1. The molecule has 0 bridgehead atoms. The molecule has 2 aromatic rings. The zero-order valence-corrected chi connectivity index (χ0v) is 17.2. The van der Waals surface area contributed by atoms with Crippen LogP contribution in [0.1, 0.15) is 34.3 Å². The maximum Gasteiger partial charge on any atom is 0.325 e. The molecule has 3 aliphatic heterocycles. The van der Waals surface area contributed by atoms with Crippen LogP contribution < -0.4 is 14.8 Å². The average molecular weight is 421 g/mol. The second-order valence-corrected chi connectivity index (χ2v) is 8.29. The molecular weight excluding hydrogens is 398 g/mol. The minimum absolute atomic E-state index is 0.136. The molecule has 160 valence electrons. The number of ether oxygens (including phenoxy) is 2. The van der Waals surface area contributed by atoms with Gasteiger partial charge >= 0.3 is 6.03 Å². The summed E-state index contributed by atoms with van der Waals surface area (Å²) in [6.07, 6.45) is 1.13. The minimum Gasteiger partial charge on any atom is -0.454 e. The Balaban J connectivity index is 1.34. The summed E-state index contributed by atoms with van der Waals surface area (Å²) in [4.78, 5) is 42.0. The van der Waals surface area contributed by atoms with E-state index in [1.807, 2.05) is 31.2 Å². The Labute approximate surface area is 179 Å². The molecular formula is C23H23N3O5. The van der Waals surface area contributed by atoms with Gasteiger partial charge < -0.3 is 19.7 Å². The summed E-state index contributed by atoms with van der Waals surface area (Å²) in [7, 11) is 0. The van der Waals surface area contributed by atoms with Crippen LogP contribution in [0.5, 0.6) is 11.5 Å². The molecule has 2 aromatic carbocycles. The number of aryl methyl sites for hydroxylation is 1. The van der Waals surface area contributed by atoms with E-state index in [2.05, 4.69) is 5.32 Å². The summed E-state index contributed by atoms with van der Waals surface area (Å²) in [5, 5.41) is 2.88. The molecule has 3 aliphatic rings. The van der Waals surface area contributed by atoms with E-state index in [9.17, 15) is 14.4 Å². The third-order valence-electron chi connectivity index (χ3n) is 6.11. The third-order valence-corrected chi connectivity index (χ3v) is 6.11. The Morgan fingerprint density at radius 1 is 1.10 bits per heavy atom. The minimum atomic E-state index is -1.08. The summed E-state index contributed by atoms with van der Waals surface area (Å²) in [5.41, 5.74) is 1.39. The third kappa shape index (κ3) is 3.37. The summed E-state index contributed by atoms with van der Waals surface area (Å²) < 4.78 is 10.7. The highest BCUT2D eigenvalue weighted by molar-refractivity contribution is 6.07. The van der Waals surface area contributed by atoms with Gasteiger partial charge in [-0.1, -0.05) is 29.8 Å². The van der Waals surface area contributed by atoms with E-state index >= 15 is 0 Å². The van der Waals surface area contributed by atoms with Gasteiger partial charge in [0.25, 0.3) is 11.8 Å². The van der Waals surface area contributed by atoms with Crippen molar-refractivity contribution in [2.24, 2.45) is 0 Å². The number of amides is 4. The van der Waals surface area contributed by atoms with E-state index < -0.39 is 11.6 Å². The van der Waals surface area contributed by atoms with Gasteiger partial charge in [0.05, 0.1) is 13.1 Å². The zero-order chi connectivity index (χ0) is 21.6. The lowest BCUT2D eigenvalue weighted by Gasteiger charge is -2.38. The van der Waals surface area contributed by atoms with Crippen molar-refractivity contribution in [1.29, 1.82) is 0 Å². The van der Waals surface area contributed by atoms with Gasteiger partial charge in [0, 0.05) is 12.1 Å². The Hall–Kier alpha value is -3.55. The van der Waals surface area contributed by atoms with Crippen molar-refractivity contribution in [2.75, 3.05) is 19.9 Å². The number of carbonyl (C=O) groups excluding carboxylic acids is 3. The smallest absolute Gasteiger partial charge is 0.325 e. The molecule has 0 radical (unpaired) electrons. The molecule has 2 fully saturated rings. The van der Waals surface area contributed by atoms with Gasteiger partial charge in [-0.3, -0.25) is 14.5 Å². The Kier molecular flexibility index (Phi) is 4.57. The van der Waals surface area contributed by atoms with Crippen molar-refractivity contribution in [2.45, 2.75) is 31.8 Å². The van der Waals surface area contributed by atoms with Gasteiger partial charge in [0.15, 0.2) is 11.5 Å². The lowest BCUT2D eigenvalue weighted by molar-refractivity contribution is -0.133. The van der Waals surface area contributed by atoms with Crippen LogP contribution in [0.15, 0.2) is 42.5 Å². The highest BCUT2D eigenvalue weighted by Gasteiger charge is 2.53. The molecule has 1 spiro atoms. The van der Waals surface area contributed by atoms with E-state index in [0.29, 0.717) is 36.4 Å². The van der Waals surface area contributed by atoms with Gasteiger partial charge in [-0.05, 0) is 43.5 Å². The summed E-state index contributed by atoms with van der Waals surface area (Å²) in [6.45, 7) is 3.01. The quantitative estimate of drug-likeness (QED) is 0.770. The van der Waals surface area contributed by atoms with Crippen molar-refractivity contribution in [1.82, 2.24) is 15.1 Å². The fourth-order valence-corrected chi connectivity index (χ4v) is 4.41. The number of carbonyl (C=O) groups is 3. The fraction of sp³-hybridized carbons (Fsp3) is 0.348. The maximum absolute atomic E-state index is 13.3. The van der Waals surface area contributed by atoms with Crippen LogP contribution in [0.2, 0.25) is 0 Å². The maximum atomic E-state index is 13.3. The van der Waals surface area contributed by atoms with Crippen molar-refractivity contribution < 1.29 is 23.9 Å². The number of likely N-dealkylation sites (tertiary alicyclic amines) is 1. The number of piperidine rings is 1. The summed E-state index contributed by atoms with van der Waals surface area (Å²) >= 11 is 0. The van der Waals surface area contributed by atoms with Crippen LogP contribution in [-0.2, 0) is 11.3 Å². The largest absolute Gasteiger partial charge is 0.454 e. The number of hydrogen-bond donors (Lipinski definition) is 1. The molecule has 1 atom stereocenters. The van der Waals surface area contributed by atoms with Gasteiger partial charge in [0.1, 0.15) is 5.54 Å². The molecule has 4 amide bonds. The van der Waals surface area contributed by atoms with E-state index in [1.165, 1.54) is 4.90 Å². The predicted octanol–water partition coefficient (Wildman–Crippen LogP) is 2.45. The molecule has 3 heterocycles. The lowest BCUT2D eigenvalue weighted by Crippen LogP contribution is -2.59. The number of benzene rings is 2. The normalized spacial score (nSPS) is 22.2. The van der Waals surface area contributed by atoms with Crippen molar-refractivity contribution in [3.05, 3.63) is 59.2 Å². The van der Waals surface area contributed by atoms with Crippen molar-refractivity contribution in [3.63, 3.8) is 0 Å². The number of rotatable bonds is 3. The predicted molar refractivity (Wildman–Crippen MR) is 111 cm³/mol. The number of fused-ring (bicyclic) bond motifs is 1. The summed E-state index contributed by atoms with van der Waals surface area (Å²) in [6, 6.07) is 12.4. The first-order valence-corrected chi connectivity index (χ1v) is 10.3. The van der Waals surface area contributed by atoms with Gasteiger partial charge in [-0.15, -0.1) is 0 Å². The molecule has 31 heavy (non-hydrogen) atoms. The molecule has 1 N–H and O–H groups in total. The Morgan fingerprint density at radius 2 is 1.87 bits per heavy atom. The number of imide groups is 1. The highest BCUT2D eigenvalue weighted by atomic mass is 16.7. The van der Waals surface area contributed by atoms with Gasteiger partial charge in [-0.25, -0.2) is 4.79 Å². The average Bonchev–Trinajstić information content (AvgIpc) is 3.33.